The van der Waals surface area contributed by atoms with Gasteiger partial charge in [0, 0.05) is 32.6 Å². The van der Waals surface area contributed by atoms with Crippen LogP contribution in [0.25, 0.3) is 32.1 Å². The topological polar surface area (TPSA) is 25.8 Å². The Kier molecular flexibility index (Phi) is 3.54. The third-order valence-electron chi connectivity index (χ3n) is 3.48. The lowest BCUT2D eigenvalue weighted by Crippen LogP contribution is -1.90. The second-order valence-electron chi connectivity index (χ2n) is 4.78. The zero-order valence-corrected chi connectivity index (χ0v) is 13.3. The number of nitrogens with zero attached hydrogens (tertiary/aromatic N) is 2. The maximum absolute atomic E-state index is 4.49. The molecule has 0 fully saturated rings. The quantitative estimate of drug-likeness (QED) is 0.491. The van der Waals surface area contributed by atoms with Crippen molar-refractivity contribution in [3.63, 3.8) is 0 Å². The SMILES string of the molecule is c1csc(-c2cccc(-c3cccs3)c2-c2ccncn2)c1. The minimum Gasteiger partial charge on any atom is -0.245 e. The summed E-state index contributed by atoms with van der Waals surface area (Å²) in [4.78, 5) is 11.1. The van der Waals surface area contributed by atoms with Gasteiger partial charge < -0.3 is 0 Å². The highest BCUT2D eigenvalue weighted by Gasteiger charge is 2.15. The Morgan fingerprint density at radius 2 is 1.41 bits per heavy atom. The van der Waals surface area contributed by atoms with Crippen LogP contribution in [0.1, 0.15) is 0 Å². The van der Waals surface area contributed by atoms with E-state index < -0.39 is 0 Å². The van der Waals surface area contributed by atoms with Crippen molar-refractivity contribution < 1.29 is 0 Å². The molecule has 0 saturated carbocycles. The van der Waals surface area contributed by atoms with Crippen LogP contribution in [0.5, 0.6) is 0 Å². The summed E-state index contributed by atoms with van der Waals surface area (Å²) in [5.74, 6) is 0. The minimum atomic E-state index is 0.961. The molecule has 4 heteroatoms. The maximum atomic E-state index is 4.49. The molecule has 0 aliphatic carbocycles. The van der Waals surface area contributed by atoms with Gasteiger partial charge in [-0.15, -0.1) is 22.7 Å². The molecule has 0 bridgehead atoms. The summed E-state index contributed by atoms with van der Waals surface area (Å²) in [7, 11) is 0. The van der Waals surface area contributed by atoms with E-state index in [1.165, 1.54) is 26.4 Å². The molecule has 106 valence electrons. The second kappa shape index (κ2) is 5.83. The maximum Gasteiger partial charge on any atom is 0.116 e. The van der Waals surface area contributed by atoms with Crippen molar-refractivity contribution in [2.75, 3.05) is 0 Å². The number of rotatable bonds is 3. The Balaban J connectivity index is 2.03. The van der Waals surface area contributed by atoms with Crippen LogP contribution in [-0.2, 0) is 0 Å². The van der Waals surface area contributed by atoms with E-state index in [1.807, 2.05) is 6.07 Å². The summed E-state index contributed by atoms with van der Waals surface area (Å²) < 4.78 is 0. The highest BCUT2D eigenvalue weighted by atomic mass is 32.1. The van der Waals surface area contributed by atoms with Crippen molar-refractivity contribution in [1.29, 1.82) is 0 Å². The lowest BCUT2D eigenvalue weighted by Gasteiger charge is -2.12. The fourth-order valence-corrected chi connectivity index (χ4v) is 4.06. The smallest absolute Gasteiger partial charge is 0.116 e. The van der Waals surface area contributed by atoms with Crippen molar-refractivity contribution in [3.05, 3.63) is 71.8 Å². The first-order valence-electron chi connectivity index (χ1n) is 6.90. The second-order valence-corrected chi connectivity index (χ2v) is 6.67. The molecule has 4 aromatic rings. The Hall–Kier alpha value is -2.30. The summed E-state index contributed by atoms with van der Waals surface area (Å²) in [6, 6.07) is 16.9. The molecule has 0 aliphatic rings. The molecule has 0 radical (unpaired) electrons. The number of aromatic nitrogens is 2. The van der Waals surface area contributed by atoms with Crippen LogP contribution in [0, 0.1) is 0 Å². The molecule has 0 aliphatic heterocycles. The van der Waals surface area contributed by atoms with Crippen molar-refractivity contribution >= 4 is 22.7 Å². The molecule has 0 saturated heterocycles. The minimum absolute atomic E-state index is 0.961. The number of hydrogen-bond donors (Lipinski definition) is 0. The third kappa shape index (κ3) is 2.36. The monoisotopic (exact) mass is 320 g/mol. The fraction of sp³-hybridized carbons (Fsp3) is 0. The van der Waals surface area contributed by atoms with E-state index in [4.69, 9.17) is 0 Å². The fourth-order valence-electron chi connectivity index (χ4n) is 2.54. The zero-order valence-electron chi connectivity index (χ0n) is 11.6. The highest BCUT2D eigenvalue weighted by Crippen LogP contribution is 2.41. The Morgan fingerprint density at radius 1 is 0.727 bits per heavy atom. The normalized spacial score (nSPS) is 10.7. The molecule has 0 amide bonds. The predicted molar refractivity (Wildman–Crippen MR) is 94.1 cm³/mol. The largest absolute Gasteiger partial charge is 0.245 e. The molecule has 1 aromatic carbocycles. The van der Waals surface area contributed by atoms with Gasteiger partial charge in [0.05, 0.1) is 5.69 Å². The van der Waals surface area contributed by atoms with Crippen LogP contribution < -0.4 is 0 Å². The Morgan fingerprint density at radius 3 is 1.91 bits per heavy atom. The van der Waals surface area contributed by atoms with E-state index in [9.17, 15) is 0 Å². The average Bonchev–Trinajstić information content (AvgIpc) is 3.28. The lowest BCUT2D eigenvalue weighted by molar-refractivity contribution is 1.17. The molecule has 22 heavy (non-hydrogen) atoms. The highest BCUT2D eigenvalue weighted by molar-refractivity contribution is 7.14. The summed E-state index contributed by atoms with van der Waals surface area (Å²) in [6.07, 6.45) is 3.41. The van der Waals surface area contributed by atoms with E-state index in [0.717, 1.165) is 5.69 Å². The van der Waals surface area contributed by atoms with Crippen LogP contribution in [0.15, 0.2) is 71.8 Å². The zero-order chi connectivity index (χ0) is 14.8. The predicted octanol–water partition coefficient (Wildman–Crippen LogP) is 5.60. The standard InChI is InChI=1S/C18H12N2S2/c1-4-13(16-6-2-10-21-16)18(15-8-9-19-12-20-15)14(5-1)17-7-3-11-22-17/h1-12H. The van der Waals surface area contributed by atoms with Gasteiger partial charge in [0.2, 0.25) is 0 Å². The van der Waals surface area contributed by atoms with Crippen molar-refractivity contribution in [2.45, 2.75) is 0 Å². The number of benzene rings is 1. The van der Waals surface area contributed by atoms with Crippen molar-refractivity contribution in [1.82, 2.24) is 9.97 Å². The van der Waals surface area contributed by atoms with Gasteiger partial charge in [-0.3, -0.25) is 0 Å². The van der Waals surface area contributed by atoms with Crippen LogP contribution >= 0.6 is 22.7 Å². The van der Waals surface area contributed by atoms with Gasteiger partial charge in [-0.2, -0.15) is 0 Å². The third-order valence-corrected chi connectivity index (χ3v) is 5.28. The number of hydrogen-bond acceptors (Lipinski definition) is 4. The van der Waals surface area contributed by atoms with Gasteiger partial charge in [-0.1, -0.05) is 30.3 Å². The molecule has 4 rings (SSSR count). The first-order valence-corrected chi connectivity index (χ1v) is 8.66. The van der Waals surface area contributed by atoms with Gasteiger partial charge in [0.1, 0.15) is 6.33 Å². The Labute approximate surface area is 136 Å². The molecule has 3 heterocycles. The first-order chi connectivity index (χ1) is 10.9. The van der Waals surface area contributed by atoms with Crippen molar-refractivity contribution in [3.8, 4) is 32.1 Å². The Bertz CT molecular complexity index is 814. The summed E-state index contributed by atoms with van der Waals surface area (Å²) in [5.41, 5.74) is 4.58. The lowest BCUT2D eigenvalue weighted by atomic mass is 9.96. The van der Waals surface area contributed by atoms with Crippen LogP contribution in [0.4, 0.5) is 0 Å². The van der Waals surface area contributed by atoms with Gasteiger partial charge in [0.25, 0.3) is 0 Å². The van der Waals surface area contributed by atoms with E-state index in [2.05, 4.69) is 63.2 Å². The van der Waals surface area contributed by atoms with E-state index in [-0.39, 0.29) is 0 Å². The molecular formula is C18H12N2S2. The summed E-state index contributed by atoms with van der Waals surface area (Å²) >= 11 is 3.50. The average molecular weight is 320 g/mol. The number of thiophene rings is 2. The van der Waals surface area contributed by atoms with Gasteiger partial charge in [-0.05, 0) is 29.0 Å². The molecule has 3 aromatic heterocycles. The molecular weight excluding hydrogens is 308 g/mol. The molecule has 0 atom stereocenters. The molecule has 0 spiro atoms. The first kappa shape index (κ1) is 13.4. The van der Waals surface area contributed by atoms with Crippen LogP contribution in [-0.4, -0.2) is 9.97 Å². The molecule has 0 N–H and O–H groups in total. The molecule has 2 nitrogen and oxygen atoms in total. The van der Waals surface area contributed by atoms with Gasteiger partial charge in [-0.25, -0.2) is 9.97 Å². The molecule has 0 unspecified atom stereocenters. The summed E-state index contributed by atoms with van der Waals surface area (Å²) in [6.45, 7) is 0. The van der Waals surface area contributed by atoms with Crippen molar-refractivity contribution in [2.24, 2.45) is 0 Å². The summed E-state index contributed by atoms with van der Waals surface area (Å²) in [5, 5.41) is 4.22. The van der Waals surface area contributed by atoms with E-state index in [1.54, 1.807) is 35.2 Å². The van der Waals surface area contributed by atoms with E-state index in [0.29, 0.717) is 0 Å². The van der Waals surface area contributed by atoms with Crippen LogP contribution in [0.2, 0.25) is 0 Å². The van der Waals surface area contributed by atoms with Crippen LogP contribution in [0.3, 0.4) is 0 Å². The van der Waals surface area contributed by atoms with Gasteiger partial charge >= 0.3 is 0 Å². The van der Waals surface area contributed by atoms with Gasteiger partial charge in [0.15, 0.2) is 0 Å². The van der Waals surface area contributed by atoms with E-state index >= 15 is 0 Å².